The second kappa shape index (κ2) is 19.0. The van der Waals surface area contributed by atoms with E-state index in [-0.39, 0.29) is 23.4 Å². The number of rotatable bonds is 22. The summed E-state index contributed by atoms with van der Waals surface area (Å²) < 4.78 is 6.11. The normalized spacial score (nSPS) is 17.1. The van der Waals surface area contributed by atoms with Crippen molar-refractivity contribution in [1.82, 2.24) is 4.90 Å². The third kappa shape index (κ3) is 9.03. The van der Waals surface area contributed by atoms with Crippen molar-refractivity contribution in [3.05, 3.63) is 51.9 Å². The van der Waals surface area contributed by atoms with Gasteiger partial charge in [0.05, 0.1) is 29.0 Å². The summed E-state index contributed by atoms with van der Waals surface area (Å²) in [7, 11) is 0. The maximum absolute atomic E-state index is 13.1. The second-order valence-electron chi connectivity index (χ2n) is 11.7. The summed E-state index contributed by atoms with van der Waals surface area (Å²) in [5, 5.41) is 21.3. The summed E-state index contributed by atoms with van der Waals surface area (Å²) in [6.45, 7) is 10.4. The maximum atomic E-state index is 13.1. The van der Waals surface area contributed by atoms with Gasteiger partial charge in [0.1, 0.15) is 5.75 Å². The minimum Gasteiger partial charge on any atom is -0.494 e. The number of carboxylic acids is 2. The Morgan fingerprint density at radius 2 is 1.35 bits per heavy atom. The molecular weight excluding hydrogens is 562 g/mol. The lowest BCUT2D eigenvalue weighted by molar-refractivity contribution is -0.134. The van der Waals surface area contributed by atoms with Gasteiger partial charge in [-0.05, 0) is 51.7 Å². The molecule has 0 radical (unpaired) electrons. The summed E-state index contributed by atoms with van der Waals surface area (Å²) in [6, 6.07) is 5.78. The van der Waals surface area contributed by atoms with Crippen LogP contribution in [0.1, 0.15) is 136 Å². The SMILES string of the molecule is CCCCCCCCCCCCCCCc1cccc(OCC)c1C1(CC)C(C(=O)O)=C(C)N(CC)C(CCl)=C1C(=O)O. The first kappa shape index (κ1) is 36.7. The summed E-state index contributed by atoms with van der Waals surface area (Å²) in [6.07, 6.45) is 17.4. The number of aliphatic carboxylic acids is 2. The fourth-order valence-corrected chi connectivity index (χ4v) is 7.30. The fourth-order valence-electron chi connectivity index (χ4n) is 7.02. The van der Waals surface area contributed by atoms with E-state index in [4.69, 9.17) is 16.3 Å². The molecule has 1 aromatic carbocycles. The molecule has 0 aliphatic carbocycles. The number of benzene rings is 1. The van der Waals surface area contributed by atoms with Crippen LogP contribution in [-0.2, 0) is 21.4 Å². The molecule has 1 aromatic rings. The molecule has 242 valence electrons. The van der Waals surface area contributed by atoms with Crippen LogP contribution < -0.4 is 4.74 Å². The molecule has 1 aliphatic heterocycles. The zero-order valence-electron chi connectivity index (χ0n) is 27.4. The van der Waals surface area contributed by atoms with Crippen LogP contribution in [0.25, 0.3) is 0 Å². The van der Waals surface area contributed by atoms with Gasteiger partial charge in [-0.3, -0.25) is 0 Å². The highest BCUT2D eigenvalue weighted by atomic mass is 35.5. The van der Waals surface area contributed by atoms with Crippen molar-refractivity contribution >= 4 is 23.5 Å². The molecule has 0 amide bonds. The van der Waals surface area contributed by atoms with Gasteiger partial charge >= 0.3 is 11.9 Å². The number of hydrogen-bond acceptors (Lipinski definition) is 4. The van der Waals surface area contributed by atoms with Gasteiger partial charge in [-0.1, -0.05) is 103 Å². The number of carbonyl (C=O) groups is 2. The highest BCUT2D eigenvalue weighted by Gasteiger charge is 2.53. The van der Waals surface area contributed by atoms with Crippen molar-refractivity contribution in [3.63, 3.8) is 0 Å². The van der Waals surface area contributed by atoms with Gasteiger partial charge in [0.2, 0.25) is 0 Å². The Kier molecular flexibility index (Phi) is 16.3. The summed E-state index contributed by atoms with van der Waals surface area (Å²) in [4.78, 5) is 27.8. The van der Waals surface area contributed by atoms with Crippen LogP contribution in [0.4, 0.5) is 0 Å². The number of allylic oxidation sites excluding steroid dienone is 2. The van der Waals surface area contributed by atoms with Crippen molar-refractivity contribution < 1.29 is 24.5 Å². The van der Waals surface area contributed by atoms with E-state index in [0.717, 1.165) is 31.2 Å². The third-order valence-corrected chi connectivity index (χ3v) is 9.28. The number of ether oxygens (including phenoxy) is 1. The monoisotopic (exact) mass is 617 g/mol. The summed E-state index contributed by atoms with van der Waals surface area (Å²) >= 11 is 6.43. The molecule has 0 bridgehead atoms. The molecule has 2 rings (SSSR count). The lowest BCUT2D eigenvalue weighted by atomic mass is 9.62. The minimum atomic E-state index is -1.41. The molecule has 6 nitrogen and oxygen atoms in total. The van der Waals surface area contributed by atoms with Crippen LogP contribution in [0.5, 0.6) is 5.75 Å². The smallest absolute Gasteiger partial charge is 0.334 e. The molecule has 0 fully saturated rings. The lowest BCUT2D eigenvalue weighted by Gasteiger charge is -2.45. The van der Waals surface area contributed by atoms with E-state index in [1.54, 1.807) is 11.8 Å². The summed E-state index contributed by atoms with van der Waals surface area (Å²) in [5.41, 5.74) is 1.28. The maximum Gasteiger partial charge on any atom is 0.334 e. The zero-order valence-corrected chi connectivity index (χ0v) is 28.2. The minimum absolute atomic E-state index is 0.0353. The highest BCUT2D eigenvalue weighted by molar-refractivity contribution is 6.20. The van der Waals surface area contributed by atoms with Gasteiger partial charge in [-0.15, -0.1) is 11.6 Å². The van der Waals surface area contributed by atoms with E-state index in [0.29, 0.717) is 35.9 Å². The molecule has 0 spiro atoms. The van der Waals surface area contributed by atoms with Crippen molar-refractivity contribution in [2.24, 2.45) is 0 Å². The third-order valence-electron chi connectivity index (χ3n) is 9.02. The van der Waals surface area contributed by atoms with E-state index in [9.17, 15) is 19.8 Å². The van der Waals surface area contributed by atoms with E-state index in [2.05, 4.69) is 6.92 Å². The molecule has 1 heterocycles. The predicted octanol–water partition coefficient (Wildman–Crippen LogP) is 9.64. The Morgan fingerprint density at radius 3 is 1.79 bits per heavy atom. The van der Waals surface area contributed by atoms with Gasteiger partial charge in [-0.25, -0.2) is 9.59 Å². The number of unbranched alkanes of at least 4 members (excludes halogenated alkanes) is 12. The number of alkyl halides is 1. The number of halogens is 1. The molecule has 7 heteroatoms. The van der Waals surface area contributed by atoms with Crippen molar-refractivity contribution in [2.75, 3.05) is 19.0 Å². The molecule has 2 N–H and O–H groups in total. The van der Waals surface area contributed by atoms with Crippen molar-refractivity contribution in [1.29, 1.82) is 0 Å². The fraction of sp³-hybridized carbons (Fsp3) is 0.667. The Bertz CT molecular complexity index is 1110. The zero-order chi connectivity index (χ0) is 31.8. The topological polar surface area (TPSA) is 87.1 Å². The van der Waals surface area contributed by atoms with Gasteiger partial charge in [-0.2, -0.15) is 0 Å². The first-order valence-electron chi connectivity index (χ1n) is 16.8. The Balaban J connectivity index is 2.32. The van der Waals surface area contributed by atoms with Crippen molar-refractivity contribution in [2.45, 2.75) is 136 Å². The van der Waals surface area contributed by atoms with Crippen molar-refractivity contribution in [3.8, 4) is 5.75 Å². The molecule has 0 saturated carbocycles. The molecule has 1 atom stereocenters. The second-order valence-corrected chi connectivity index (χ2v) is 12.0. The van der Waals surface area contributed by atoms with E-state index >= 15 is 0 Å². The van der Waals surface area contributed by atoms with E-state index in [1.165, 1.54) is 64.2 Å². The average molecular weight is 618 g/mol. The van der Waals surface area contributed by atoms with Crippen LogP contribution in [0.3, 0.4) is 0 Å². The number of nitrogens with zero attached hydrogens (tertiary/aromatic N) is 1. The van der Waals surface area contributed by atoms with Gasteiger partial charge in [0.15, 0.2) is 0 Å². The highest BCUT2D eigenvalue weighted by Crippen LogP contribution is 2.53. The number of aryl methyl sites for hydroxylation is 1. The largest absolute Gasteiger partial charge is 0.494 e. The van der Waals surface area contributed by atoms with Crippen LogP contribution >= 0.6 is 11.6 Å². The van der Waals surface area contributed by atoms with E-state index < -0.39 is 17.4 Å². The van der Waals surface area contributed by atoms with Crippen LogP contribution in [0, 0.1) is 0 Å². The van der Waals surface area contributed by atoms with Gasteiger partial charge in [0.25, 0.3) is 0 Å². The first-order chi connectivity index (χ1) is 20.8. The average Bonchev–Trinajstić information content (AvgIpc) is 2.98. The van der Waals surface area contributed by atoms with Gasteiger partial charge < -0.3 is 19.8 Å². The summed E-state index contributed by atoms with van der Waals surface area (Å²) in [5.74, 6) is -1.77. The predicted molar refractivity (Wildman–Crippen MR) is 177 cm³/mol. The van der Waals surface area contributed by atoms with Crippen LogP contribution in [-0.4, -0.2) is 46.1 Å². The Morgan fingerprint density at radius 1 is 0.814 bits per heavy atom. The standard InChI is InChI=1S/C36H56ClNO5/c1-6-10-11-12-13-14-15-16-17-18-19-20-21-23-28-24-22-25-30(43-9-4)32(28)36(7-2)31(34(39)40)27(5)38(8-3)29(26-37)33(36)35(41)42/h22,24-25H,6-21,23,26H2,1-5H3,(H,39,40)(H,41,42). The van der Waals surface area contributed by atoms with E-state index in [1.807, 2.05) is 39.0 Å². The van der Waals surface area contributed by atoms with Crippen LogP contribution in [0.15, 0.2) is 40.7 Å². The lowest BCUT2D eigenvalue weighted by Crippen LogP contribution is -2.47. The molecule has 0 aromatic heterocycles. The van der Waals surface area contributed by atoms with Crippen LogP contribution in [0.2, 0.25) is 0 Å². The molecule has 43 heavy (non-hydrogen) atoms. The quantitative estimate of drug-likeness (QED) is 0.0995. The Labute approximate surface area is 265 Å². The molecule has 1 unspecified atom stereocenters. The Hall–Kier alpha value is -2.47. The first-order valence-corrected chi connectivity index (χ1v) is 17.3. The molecule has 0 saturated heterocycles. The van der Waals surface area contributed by atoms with Gasteiger partial charge in [0, 0.05) is 23.5 Å². The molecular formula is C36H56ClNO5. The number of hydrogen-bond donors (Lipinski definition) is 2. The number of carboxylic acid groups (broad SMARTS) is 2. The molecule has 1 aliphatic rings.